The first-order valence-electron chi connectivity index (χ1n) is 8.75. The normalized spacial score (nSPS) is 20.3. The van der Waals surface area contributed by atoms with Crippen molar-refractivity contribution >= 4 is 27.4 Å². The van der Waals surface area contributed by atoms with Crippen LogP contribution in [0.4, 0.5) is 16.2 Å². The van der Waals surface area contributed by atoms with E-state index in [-0.39, 0.29) is 17.8 Å². The van der Waals surface area contributed by atoms with E-state index in [1.807, 2.05) is 0 Å². The summed E-state index contributed by atoms with van der Waals surface area (Å²) < 4.78 is 30.9. The van der Waals surface area contributed by atoms with Gasteiger partial charge in [-0.05, 0) is 31.4 Å². The van der Waals surface area contributed by atoms with Gasteiger partial charge < -0.3 is 15.4 Å². The summed E-state index contributed by atoms with van der Waals surface area (Å²) in [5.41, 5.74) is 1.09. The zero-order valence-corrected chi connectivity index (χ0v) is 15.3. The summed E-state index contributed by atoms with van der Waals surface area (Å²) in [6.07, 6.45) is 6.17. The first-order chi connectivity index (χ1) is 12.0. The highest BCUT2D eigenvalue weighted by Gasteiger charge is 2.30. The molecule has 1 aromatic carbocycles. The molecule has 0 unspecified atom stereocenters. The van der Waals surface area contributed by atoms with Gasteiger partial charge in [-0.15, -0.1) is 0 Å². The van der Waals surface area contributed by atoms with Crippen LogP contribution in [0.3, 0.4) is 0 Å². The van der Waals surface area contributed by atoms with Crippen LogP contribution in [-0.4, -0.2) is 39.9 Å². The van der Waals surface area contributed by atoms with Gasteiger partial charge in [-0.2, -0.15) is 0 Å². The van der Waals surface area contributed by atoms with Crippen molar-refractivity contribution in [1.82, 2.24) is 5.32 Å². The molecule has 0 aromatic heterocycles. The molecule has 2 fully saturated rings. The smallest absolute Gasteiger partial charge is 0.319 e. The van der Waals surface area contributed by atoms with E-state index in [2.05, 4.69) is 10.6 Å². The van der Waals surface area contributed by atoms with Crippen LogP contribution >= 0.6 is 0 Å². The van der Waals surface area contributed by atoms with Crippen LogP contribution in [0.2, 0.25) is 0 Å². The van der Waals surface area contributed by atoms with Crippen molar-refractivity contribution in [2.75, 3.05) is 29.0 Å². The van der Waals surface area contributed by atoms with Gasteiger partial charge >= 0.3 is 6.03 Å². The van der Waals surface area contributed by atoms with Gasteiger partial charge in [0.05, 0.1) is 18.6 Å². The van der Waals surface area contributed by atoms with E-state index in [1.54, 1.807) is 18.2 Å². The fourth-order valence-corrected chi connectivity index (χ4v) is 5.04. The maximum Gasteiger partial charge on any atom is 0.319 e. The van der Waals surface area contributed by atoms with E-state index < -0.39 is 10.0 Å². The number of methoxy groups -OCH3 is 1. The Labute approximate surface area is 148 Å². The predicted molar refractivity (Wildman–Crippen MR) is 97.8 cm³/mol. The molecule has 0 atom stereocenters. The van der Waals surface area contributed by atoms with E-state index in [0.717, 1.165) is 25.7 Å². The quantitative estimate of drug-likeness (QED) is 0.856. The highest BCUT2D eigenvalue weighted by Crippen LogP contribution is 2.35. The van der Waals surface area contributed by atoms with Crippen LogP contribution in [0.1, 0.15) is 38.5 Å². The number of nitrogens with one attached hydrogen (secondary N) is 2. The van der Waals surface area contributed by atoms with Crippen molar-refractivity contribution < 1.29 is 17.9 Å². The van der Waals surface area contributed by atoms with E-state index in [0.29, 0.717) is 30.1 Å². The third-order valence-electron chi connectivity index (χ3n) is 4.75. The Hall–Kier alpha value is -1.96. The summed E-state index contributed by atoms with van der Waals surface area (Å²) in [7, 11) is -1.78. The Kier molecular flexibility index (Phi) is 5.36. The molecule has 2 N–H and O–H groups in total. The number of carbonyl (C=O) groups excluding carboxylic acids is 1. The maximum atomic E-state index is 12.2. The van der Waals surface area contributed by atoms with E-state index in [4.69, 9.17) is 4.74 Å². The highest BCUT2D eigenvalue weighted by atomic mass is 32.2. The van der Waals surface area contributed by atoms with Gasteiger partial charge in [-0.1, -0.05) is 19.3 Å². The molecular weight excluding hydrogens is 342 g/mol. The van der Waals surface area contributed by atoms with Crippen LogP contribution in [-0.2, 0) is 10.0 Å². The van der Waals surface area contributed by atoms with Gasteiger partial charge in [0.2, 0.25) is 10.0 Å². The lowest BCUT2D eigenvalue weighted by Gasteiger charge is -2.23. The topological polar surface area (TPSA) is 87.7 Å². The predicted octanol–water partition coefficient (Wildman–Crippen LogP) is 2.69. The van der Waals surface area contributed by atoms with Crippen molar-refractivity contribution in [3.63, 3.8) is 0 Å². The minimum absolute atomic E-state index is 0.153. The number of nitrogens with zero attached hydrogens (tertiary/aromatic N) is 1. The molecular formula is C17H25N3O4S. The molecule has 1 aliphatic carbocycles. The van der Waals surface area contributed by atoms with E-state index in [9.17, 15) is 13.2 Å². The van der Waals surface area contributed by atoms with Crippen molar-refractivity contribution in [3.05, 3.63) is 18.2 Å². The molecule has 2 amide bonds. The second kappa shape index (κ2) is 7.51. The number of ether oxygens (including phenoxy) is 1. The summed E-state index contributed by atoms with van der Waals surface area (Å²) in [5.74, 6) is 0.584. The van der Waals surface area contributed by atoms with Gasteiger partial charge in [0.1, 0.15) is 5.75 Å². The Morgan fingerprint density at radius 3 is 2.60 bits per heavy atom. The lowest BCUT2D eigenvalue weighted by atomic mass is 9.96. The van der Waals surface area contributed by atoms with Gasteiger partial charge in [-0.25, -0.2) is 13.2 Å². The largest absolute Gasteiger partial charge is 0.494 e. The molecule has 138 valence electrons. The SMILES string of the molecule is COc1cc(NC(=O)NC2CCCCC2)ccc1N1CCCS1(=O)=O. The monoisotopic (exact) mass is 367 g/mol. The lowest BCUT2D eigenvalue weighted by molar-refractivity contribution is 0.244. The molecule has 1 saturated heterocycles. The Morgan fingerprint density at radius 2 is 1.96 bits per heavy atom. The highest BCUT2D eigenvalue weighted by molar-refractivity contribution is 7.93. The molecule has 25 heavy (non-hydrogen) atoms. The summed E-state index contributed by atoms with van der Waals surface area (Å²) in [6, 6.07) is 5.02. The minimum Gasteiger partial charge on any atom is -0.494 e. The first-order valence-corrected chi connectivity index (χ1v) is 10.4. The third-order valence-corrected chi connectivity index (χ3v) is 6.60. The molecule has 8 heteroatoms. The summed E-state index contributed by atoms with van der Waals surface area (Å²) in [4.78, 5) is 12.2. The zero-order valence-electron chi connectivity index (χ0n) is 14.5. The Balaban J connectivity index is 1.69. The second-order valence-electron chi connectivity index (χ2n) is 6.56. The third kappa shape index (κ3) is 4.18. The van der Waals surface area contributed by atoms with Crippen molar-refractivity contribution in [2.45, 2.75) is 44.6 Å². The molecule has 3 rings (SSSR count). The van der Waals surface area contributed by atoms with Gasteiger partial charge in [0, 0.05) is 24.3 Å². The van der Waals surface area contributed by atoms with Crippen molar-refractivity contribution in [1.29, 1.82) is 0 Å². The number of carbonyl (C=O) groups is 1. The first kappa shape index (κ1) is 17.8. The standard InChI is InChI=1S/C17H25N3O4S/c1-24-16-12-14(19-17(21)18-13-6-3-2-4-7-13)8-9-15(16)20-10-5-11-25(20,22)23/h8-9,12-13H,2-7,10-11H2,1H3,(H2,18,19,21). The van der Waals surface area contributed by atoms with Crippen LogP contribution < -0.4 is 19.7 Å². The molecule has 0 radical (unpaired) electrons. The number of benzene rings is 1. The summed E-state index contributed by atoms with van der Waals surface area (Å²) in [5, 5.41) is 5.79. The molecule has 0 spiro atoms. The van der Waals surface area contributed by atoms with Gasteiger partial charge in [0.25, 0.3) is 0 Å². The summed E-state index contributed by atoms with van der Waals surface area (Å²) in [6.45, 7) is 0.452. The number of amides is 2. The average molecular weight is 367 g/mol. The maximum absolute atomic E-state index is 12.2. The molecule has 0 bridgehead atoms. The number of sulfonamides is 1. The number of urea groups is 1. The lowest BCUT2D eigenvalue weighted by Crippen LogP contribution is -2.39. The molecule has 1 aromatic rings. The van der Waals surface area contributed by atoms with E-state index in [1.165, 1.54) is 17.8 Å². The molecule has 1 aliphatic heterocycles. The summed E-state index contributed by atoms with van der Waals surface area (Å²) >= 11 is 0. The average Bonchev–Trinajstić information content (AvgIpc) is 2.94. The fourth-order valence-electron chi connectivity index (χ4n) is 3.47. The fraction of sp³-hybridized carbons (Fsp3) is 0.588. The van der Waals surface area contributed by atoms with Gasteiger partial charge in [0.15, 0.2) is 0 Å². The minimum atomic E-state index is -3.27. The van der Waals surface area contributed by atoms with Crippen molar-refractivity contribution in [3.8, 4) is 5.75 Å². The van der Waals surface area contributed by atoms with Crippen LogP contribution in [0, 0.1) is 0 Å². The zero-order chi connectivity index (χ0) is 17.9. The van der Waals surface area contributed by atoms with Gasteiger partial charge in [-0.3, -0.25) is 4.31 Å². The molecule has 7 nitrogen and oxygen atoms in total. The number of rotatable bonds is 4. The number of anilines is 2. The number of hydrogen-bond donors (Lipinski definition) is 2. The Bertz CT molecular complexity index is 729. The van der Waals surface area contributed by atoms with Crippen molar-refractivity contribution in [2.24, 2.45) is 0 Å². The number of hydrogen-bond acceptors (Lipinski definition) is 4. The van der Waals surface area contributed by atoms with Crippen LogP contribution in [0.15, 0.2) is 18.2 Å². The molecule has 2 aliphatic rings. The van der Waals surface area contributed by atoms with Crippen LogP contribution in [0.25, 0.3) is 0 Å². The van der Waals surface area contributed by atoms with Crippen LogP contribution in [0.5, 0.6) is 5.75 Å². The van der Waals surface area contributed by atoms with E-state index >= 15 is 0 Å². The molecule has 1 heterocycles. The molecule has 1 saturated carbocycles. The second-order valence-corrected chi connectivity index (χ2v) is 8.57. The Morgan fingerprint density at radius 1 is 1.20 bits per heavy atom.